The van der Waals surface area contributed by atoms with E-state index in [9.17, 15) is 4.79 Å². The van der Waals surface area contributed by atoms with E-state index in [4.69, 9.17) is 10.5 Å². The molecule has 0 aromatic carbocycles. The minimum atomic E-state index is 0.0904. The van der Waals surface area contributed by atoms with E-state index >= 15 is 0 Å². The zero-order valence-corrected chi connectivity index (χ0v) is 11.5. The Morgan fingerprint density at radius 1 is 1.39 bits per heavy atom. The Balaban J connectivity index is 1.83. The van der Waals surface area contributed by atoms with Crippen LogP contribution in [-0.2, 0) is 9.53 Å². The van der Waals surface area contributed by atoms with Crippen molar-refractivity contribution in [2.75, 3.05) is 6.61 Å². The molecule has 0 aromatic rings. The summed E-state index contributed by atoms with van der Waals surface area (Å²) in [6, 6.07) is 0.302. The van der Waals surface area contributed by atoms with Crippen molar-refractivity contribution >= 4 is 5.91 Å². The fraction of sp³-hybridized carbons (Fsp3) is 0.929. The number of rotatable bonds is 3. The lowest BCUT2D eigenvalue weighted by molar-refractivity contribution is -0.128. The summed E-state index contributed by atoms with van der Waals surface area (Å²) >= 11 is 0. The van der Waals surface area contributed by atoms with Crippen LogP contribution >= 0.6 is 0 Å². The molecule has 1 amide bonds. The van der Waals surface area contributed by atoms with Crippen molar-refractivity contribution in [1.29, 1.82) is 0 Å². The van der Waals surface area contributed by atoms with Gasteiger partial charge in [-0.1, -0.05) is 6.92 Å². The number of carbonyl (C=O) groups excluding carboxylic acids is 1. The van der Waals surface area contributed by atoms with Gasteiger partial charge in [-0.05, 0) is 44.9 Å². The molecule has 0 radical (unpaired) electrons. The summed E-state index contributed by atoms with van der Waals surface area (Å²) in [6.07, 6.45) is 5.21. The Kier molecular flexibility index (Phi) is 4.62. The lowest BCUT2D eigenvalue weighted by Gasteiger charge is -2.31. The Labute approximate surface area is 110 Å². The van der Waals surface area contributed by atoms with Crippen LogP contribution in [0.3, 0.4) is 0 Å². The number of carbonyl (C=O) groups is 1. The third-order valence-corrected chi connectivity index (χ3v) is 4.24. The van der Waals surface area contributed by atoms with Gasteiger partial charge in [0.25, 0.3) is 0 Å². The van der Waals surface area contributed by atoms with Crippen LogP contribution in [0.25, 0.3) is 0 Å². The van der Waals surface area contributed by atoms with E-state index in [1.807, 2.05) is 6.92 Å². The number of nitrogens with two attached hydrogens (primary N) is 1. The second kappa shape index (κ2) is 6.02. The van der Waals surface area contributed by atoms with E-state index in [2.05, 4.69) is 12.2 Å². The number of hydrogen-bond acceptors (Lipinski definition) is 3. The average Bonchev–Trinajstić information content (AvgIpc) is 2.80. The topological polar surface area (TPSA) is 64.4 Å². The van der Waals surface area contributed by atoms with Crippen molar-refractivity contribution in [3.05, 3.63) is 0 Å². The van der Waals surface area contributed by atoms with Crippen LogP contribution in [-0.4, -0.2) is 30.7 Å². The highest BCUT2D eigenvalue weighted by Crippen LogP contribution is 2.28. The molecule has 1 heterocycles. The van der Waals surface area contributed by atoms with Gasteiger partial charge in [0.2, 0.25) is 5.91 Å². The SMILES string of the molecule is CC1CC(N)CC(C(=O)NC(C)C2CCCO2)C1. The molecule has 1 saturated carbocycles. The molecule has 4 heteroatoms. The molecule has 2 fully saturated rings. The van der Waals surface area contributed by atoms with Crippen molar-refractivity contribution in [1.82, 2.24) is 5.32 Å². The second-order valence-electron chi connectivity index (χ2n) is 6.12. The highest BCUT2D eigenvalue weighted by Gasteiger charge is 2.31. The van der Waals surface area contributed by atoms with Crippen LogP contribution in [0.5, 0.6) is 0 Å². The van der Waals surface area contributed by atoms with Gasteiger partial charge in [0.05, 0.1) is 12.1 Å². The number of ether oxygens (including phenoxy) is 1. The van der Waals surface area contributed by atoms with E-state index in [0.717, 1.165) is 38.7 Å². The molecular formula is C14H26N2O2. The van der Waals surface area contributed by atoms with Crippen molar-refractivity contribution in [3.8, 4) is 0 Å². The summed E-state index contributed by atoms with van der Waals surface area (Å²) in [5.41, 5.74) is 6.00. The largest absolute Gasteiger partial charge is 0.376 e. The Bertz CT molecular complexity index is 280. The zero-order valence-electron chi connectivity index (χ0n) is 11.5. The molecule has 1 aliphatic heterocycles. The summed E-state index contributed by atoms with van der Waals surface area (Å²) in [7, 11) is 0. The van der Waals surface area contributed by atoms with Crippen molar-refractivity contribution in [2.24, 2.45) is 17.6 Å². The molecule has 1 aliphatic carbocycles. The van der Waals surface area contributed by atoms with Gasteiger partial charge in [0.1, 0.15) is 0 Å². The molecule has 2 aliphatic rings. The van der Waals surface area contributed by atoms with Crippen LogP contribution in [0.15, 0.2) is 0 Å². The maximum Gasteiger partial charge on any atom is 0.223 e. The molecule has 2 rings (SSSR count). The predicted octanol–water partition coefficient (Wildman–Crippen LogP) is 1.43. The minimum absolute atomic E-state index is 0.0904. The molecule has 3 N–H and O–H groups in total. The summed E-state index contributed by atoms with van der Waals surface area (Å²) < 4.78 is 5.61. The predicted molar refractivity (Wildman–Crippen MR) is 71.1 cm³/mol. The summed E-state index contributed by atoms with van der Waals surface area (Å²) in [6.45, 7) is 5.05. The Morgan fingerprint density at radius 2 is 2.17 bits per heavy atom. The van der Waals surface area contributed by atoms with Gasteiger partial charge in [-0.2, -0.15) is 0 Å². The van der Waals surface area contributed by atoms with Gasteiger partial charge in [-0.25, -0.2) is 0 Å². The molecule has 5 unspecified atom stereocenters. The molecule has 0 bridgehead atoms. The minimum Gasteiger partial charge on any atom is -0.376 e. The maximum absolute atomic E-state index is 12.2. The first-order valence-electron chi connectivity index (χ1n) is 7.23. The lowest BCUT2D eigenvalue weighted by Crippen LogP contribution is -2.46. The fourth-order valence-corrected chi connectivity index (χ4v) is 3.30. The molecule has 5 atom stereocenters. The summed E-state index contributed by atoms with van der Waals surface area (Å²) in [5.74, 6) is 0.815. The number of nitrogens with one attached hydrogen (secondary N) is 1. The van der Waals surface area contributed by atoms with Gasteiger partial charge in [0, 0.05) is 18.6 Å². The van der Waals surface area contributed by atoms with Crippen LogP contribution in [0.1, 0.15) is 46.0 Å². The van der Waals surface area contributed by atoms with Crippen LogP contribution in [0, 0.1) is 11.8 Å². The van der Waals surface area contributed by atoms with Crippen molar-refractivity contribution in [2.45, 2.75) is 64.1 Å². The van der Waals surface area contributed by atoms with E-state index in [0.29, 0.717) is 5.92 Å². The molecular weight excluding hydrogens is 228 g/mol. The van der Waals surface area contributed by atoms with Crippen LogP contribution in [0.2, 0.25) is 0 Å². The highest BCUT2D eigenvalue weighted by molar-refractivity contribution is 5.79. The van der Waals surface area contributed by atoms with Gasteiger partial charge < -0.3 is 15.8 Å². The van der Waals surface area contributed by atoms with Crippen LogP contribution < -0.4 is 11.1 Å². The van der Waals surface area contributed by atoms with Gasteiger partial charge in [0.15, 0.2) is 0 Å². The average molecular weight is 254 g/mol. The fourth-order valence-electron chi connectivity index (χ4n) is 3.30. The third-order valence-electron chi connectivity index (χ3n) is 4.24. The molecule has 0 aromatic heterocycles. The quantitative estimate of drug-likeness (QED) is 0.801. The van der Waals surface area contributed by atoms with E-state index in [1.54, 1.807) is 0 Å². The first-order valence-corrected chi connectivity index (χ1v) is 7.23. The zero-order chi connectivity index (χ0) is 13.1. The standard InChI is InChI=1S/C14H26N2O2/c1-9-6-11(8-12(15)7-9)14(17)16-10(2)13-4-3-5-18-13/h9-13H,3-8,15H2,1-2H3,(H,16,17). The Morgan fingerprint density at radius 3 is 2.78 bits per heavy atom. The maximum atomic E-state index is 12.2. The van der Waals surface area contributed by atoms with Crippen molar-refractivity contribution < 1.29 is 9.53 Å². The molecule has 4 nitrogen and oxygen atoms in total. The summed E-state index contributed by atoms with van der Waals surface area (Å²) in [4.78, 5) is 12.2. The molecule has 104 valence electrons. The number of amides is 1. The normalized spacial score (nSPS) is 38.4. The highest BCUT2D eigenvalue weighted by atomic mass is 16.5. The summed E-state index contributed by atoms with van der Waals surface area (Å²) in [5, 5.41) is 3.11. The first kappa shape index (κ1) is 13.8. The second-order valence-corrected chi connectivity index (χ2v) is 6.12. The first-order chi connectivity index (χ1) is 8.56. The smallest absolute Gasteiger partial charge is 0.223 e. The number of hydrogen-bond donors (Lipinski definition) is 2. The van der Waals surface area contributed by atoms with Crippen molar-refractivity contribution in [3.63, 3.8) is 0 Å². The monoisotopic (exact) mass is 254 g/mol. The third kappa shape index (κ3) is 3.45. The Hall–Kier alpha value is -0.610. The van der Waals surface area contributed by atoms with Gasteiger partial charge >= 0.3 is 0 Å². The molecule has 18 heavy (non-hydrogen) atoms. The molecule has 0 spiro atoms. The van der Waals surface area contributed by atoms with Gasteiger partial charge in [-0.15, -0.1) is 0 Å². The van der Waals surface area contributed by atoms with E-state index < -0.39 is 0 Å². The van der Waals surface area contributed by atoms with E-state index in [-0.39, 0.29) is 30.0 Å². The lowest BCUT2D eigenvalue weighted by atomic mass is 9.79. The van der Waals surface area contributed by atoms with Crippen LogP contribution in [0.4, 0.5) is 0 Å². The van der Waals surface area contributed by atoms with Gasteiger partial charge in [-0.3, -0.25) is 4.79 Å². The van der Waals surface area contributed by atoms with E-state index in [1.165, 1.54) is 0 Å². The molecule has 1 saturated heterocycles.